The van der Waals surface area contributed by atoms with Crippen LogP contribution in [0.1, 0.15) is 45.3 Å². The van der Waals surface area contributed by atoms with Gasteiger partial charge in [0, 0.05) is 39.0 Å². The first-order chi connectivity index (χ1) is 16.4. The van der Waals surface area contributed by atoms with Crippen LogP contribution in [0, 0.1) is 27.7 Å². The van der Waals surface area contributed by atoms with Crippen molar-refractivity contribution in [3.8, 4) is 11.1 Å². The second-order valence-corrected chi connectivity index (χ2v) is 8.96. The molecule has 0 radical (unpaired) electrons. The standard InChI is InChI=1S/C29H25N5/c1-16-18(3)30-19(4)17(2)28(16)29-26-11-9-24(33-26)14-22-7-5-20(31-22)13-21-6-8-23(32-21)15-25-10-12-27(29)34-25/h5-15,31,34H,1-4H3. The van der Waals surface area contributed by atoms with Gasteiger partial charge < -0.3 is 9.97 Å². The molecule has 0 saturated heterocycles. The second-order valence-electron chi connectivity index (χ2n) is 8.96. The Hall–Kier alpha value is -4.25. The van der Waals surface area contributed by atoms with E-state index in [1.54, 1.807) is 0 Å². The van der Waals surface area contributed by atoms with Crippen LogP contribution in [0.3, 0.4) is 0 Å². The van der Waals surface area contributed by atoms with Gasteiger partial charge in [-0.2, -0.15) is 0 Å². The topological polar surface area (TPSA) is 70.2 Å². The molecule has 0 amide bonds. The molecule has 4 aromatic heterocycles. The maximum Gasteiger partial charge on any atom is 0.0737 e. The molecule has 0 atom stereocenters. The molecule has 6 heterocycles. The number of aromatic amines is 2. The lowest BCUT2D eigenvalue weighted by Crippen LogP contribution is -2.00. The molecule has 5 nitrogen and oxygen atoms in total. The van der Waals surface area contributed by atoms with Gasteiger partial charge in [0.2, 0.25) is 0 Å². The number of hydrogen-bond donors (Lipinski definition) is 2. The van der Waals surface area contributed by atoms with E-state index in [1.807, 2.05) is 12.2 Å². The highest BCUT2D eigenvalue weighted by Crippen LogP contribution is 2.36. The molecule has 166 valence electrons. The minimum atomic E-state index is 0.915. The van der Waals surface area contributed by atoms with E-state index in [9.17, 15) is 0 Å². The van der Waals surface area contributed by atoms with Gasteiger partial charge in [0.1, 0.15) is 0 Å². The molecule has 34 heavy (non-hydrogen) atoms. The summed E-state index contributed by atoms with van der Waals surface area (Å²) in [6.07, 6.45) is 8.26. The number of pyridine rings is 1. The van der Waals surface area contributed by atoms with Gasteiger partial charge in [-0.3, -0.25) is 4.98 Å². The molecule has 0 spiro atoms. The van der Waals surface area contributed by atoms with Crippen LogP contribution in [0.5, 0.6) is 0 Å². The molecule has 5 heteroatoms. The van der Waals surface area contributed by atoms with Gasteiger partial charge in [-0.05, 0) is 111 Å². The van der Waals surface area contributed by atoms with Crippen molar-refractivity contribution >= 4 is 46.4 Å². The Kier molecular flexibility index (Phi) is 4.59. The number of aryl methyl sites for hydroxylation is 2. The third-order valence-corrected chi connectivity index (χ3v) is 6.64. The van der Waals surface area contributed by atoms with Crippen molar-refractivity contribution in [1.82, 2.24) is 24.9 Å². The van der Waals surface area contributed by atoms with Crippen molar-refractivity contribution in [2.24, 2.45) is 0 Å². The monoisotopic (exact) mass is 443 g/mol. The van der Waals surface area contributed by atoms with Gasteiger partial charge in [-0.25, -0.2) is 9.97 Å². The largest absolute Gasteiger partial charge is 0.355 e. The zero-order valence-corrected chi connectivity index (χ0v) is 19.7. The number of H-pyrrole nitrogens is 2. The molecule has 2 N–H and O–H groups in total. The maximum absolute atomic E-state index is 5.03. The van der Waals surface area contributed by atoms with Gasteiger partial charge in [-0.1, -0.05) is 0 Å². The highest BCUT2D eigenvalue weighted by molar-refractivity contribution is 5.93. The first-order valence-electron chi connectivity index (χ1n) is 11.5. The van der Waals surface area contributed by atoms with E-state index in [0.717, 1.165) is 61.8 Å². The van der Waals surface area contributed by atoms with Crippen molar-refractivity contribution in [3.63, 3.8) is 0 Å². The van der Waals surface area contributed by atoms with Crippen molar-refractivity contribution in [2.45, 2.75) is 27.7 Å². The van der Waals surface area contributed by atoms with Crippen LogP contribution in [-0.4, -0.2) is 24.9 Å². The number of nitrogens with one attached hydrogen (secondary N) is 2. The van der Waals surface area contributed by atoms with Crippen LogP contribution in [0.2, 0.25) is 0 Å². The normalized spacial score (nSPS) is 12.5. The molecule has 2 aliphatic heterocycles. The molecule has 0 saturated carbocycles. The number of fused-ring (bicyclic) bond motifs is 8. The first-order valence-corrected chi connectivity index (χ1v) is 11.5. The Bertz CT molecular complexity index is 1670. The highest BCUT2D eigenvalue weighted by Gasteiger charge is 2.18. The first kappa shape index (κ1) is 20.4. The SMILES string of the molecule is Cc1nc(C)c(C)c(-c2c3nc(cc4ccc(cc5nc(cc6ccc2[nH]6)C=C5)[nH]4)C=C3)c1C. The summed E-state index contributed by atoms with van der Waals surface area (Å²) in [5, 5.41) is 0. The van der Waals surface area contributed by atoms with E-state index >= 15 is 0 Å². The lowest BCUT2D eigenvalue weighted by Gasteiger charge is -2.15. The molecule has 0 fully saturated rings. The minimum absolute atomic E-state index is 0.915. The van der Waals surface area contributed by atoms with Crippen molar-refractivity contribution < 1.29 is 0 Å². The van der Waals surface area contributed by atoms with Crippen LogP contribution in [0.15, 0.2) is 42.5 Å². The van der Waals surface area contributed by atoms with Crippen molar-refractivity contribution in [3.05, 3.63) is 87.8 Å². The second kappa shape index (κ2) is 7.66. The molecule has 6 rings (SSSR count). The Morgan fingerprint density at radius 3 is 1.71 bits per heavy atom. The Labute approximate surface area is 198 Å². The average Bonchev–Trinajstić information content (AvgIpc) is 3.60. The number of nitrogens with zero attached hydrogens (tertiary/aromatic N) is 3. The van der Waals surface area contributed by atoms with Crippen molar-refractivity contribution in [1.29, 1.82) is 0 Å². The third-order valence-electron chi connectivity index (χ3n) is 6.64. The van der Waals surface area contributed by atoms with Gasteiger partial charge in [0.15, 0.2) is 0 Å². The predicted molar refractivity (Wildman–Crippen MR) is 141 cm³/mol. The molecular weight excluding hydrogens is 418 g/mol. The molecule has 0 aliphatic carbocycles. The van der Waals surface area contributed by atoms with E-state index in [-0.39, 0.29) is 0 Å². The summed E-state index contributed by atoms with van der Waals surface area (Å²) in [6.45, 7) is 8.44. The van der Waals surface area contributed by atoms with Gasteiger partial charge >= 0.3 is 0 Å². The summed E-state index contributed by atoms with van der Waals surface area (Å²) < 4.78 is 0. The summed E-state index contributed by atoms with van der Waals surface area (Å²) in [4.78, 5) is 21.6. The Morgan fingerprint density at radius 2 is 1.06 bits per heavy atom. The molecule has 4 aromatic rings. The predicted octanol–water partition coefficient (Wildman–Crippen LogP) is 6.95. The van der Waals surface area contributed by atoms with Crippen LogP contribution in [0.25, 0.3) is 57.5 Å². The van der Waals surface area contributed by atoms with Crippen LogP contribution >= 0.6 is 0 Å². The summed E-state index contributed by atoms with van der Waals surface area (Å²) >= 11 is 0. The Balaban J connectivity index is 1.77. The zero-order chi connectivity index (χ0) is 23.4. The van der Waals surface area contributed by atoms with Gasteiger partial charge in [-0.15, -0.1) is 0 Å². The lowest BCUT2D eigenvalue weighted by molar-refractivity contribution is 1.06. The van der Waals surface area contributed by atoms with E-state index in [1.165, 1.54) is 16.7 Å². The lowest BCUT2D eigenvalue weighted by atomic mass is 9.93. The fourth-order valence-corrected chi connectivity index (χ4v) is 4.71. The fourth-order valence-electron chi connectivity index (χ4n) is 4.71. The fraction of sp³-hybridized carbons (Fsp3) is 0.138. The smallest absolute Gasteiger partial charge is 0.0737 e. The molecule has 0 aromatic carbocycles. The van der Waals surface area contributed by atoms with Gasteiger partial charge in [0.05, 0.1) is 22.8 Å². The zero-order valence-electron chi connectivity index (χ0n) is 19.7. The van der Waals surface area contributed by atoms with E-state index in [2.05, 4.69) is 92.3 Å². The van der Waals surface area contributed by atoms with Crippen LogP contribution < -0.4 is 0 Å². The third kappa shape index (κ3) is 3.46. The minimum Gasteiger partial charge on any atom is -0.355 e. The number of hydrogen-bond acceptors (Lipinski definition) is 3. The van der Waals surface area contributed by atoms with Crippen LogP contribution in [-0.2, 0) is 0 Å². The average molecular weight is 444 g/mol. The molecule has 0 unspecified atom stereocenters. The summed E-state index contributed by atoms with van der Waals surface area (Å²) in [7, 11) is 0. The summed E-state index contributed by atoms with van der Waals surface area (Å²) in [5.41, 5.74) is 14.5. The molecule has 8 bridgehead atoms. The van der Waals surface area contributed by atoms with Crippen molar-refractivity contribution in [2.75, 3.05) is 0 Å². The Morgan fingerprint density at radius 1 is 0.529 bits per heavy atom. The van der Waals surface area contributed by atoms with E-state index in [4.69, 9.17) is 15.0 Å². The number of aromatic nitrogens is 5. The quantitative estimate of drug-likeness (QED) is 0.289. The maximum atomic E-state index is 5.03. The highest BCUT2D eigenvalue weighted by atomic mass is 14.8. The summed E-state index contributed by atoms with van der Waals surface area (Å²) in [6, 6.07) is 14.6. The van der Waals surface area contributed by atoms with Crippen LogP contribution in [0.4, 0.5) is 0 Å². The van der Waals surface area contributed by atoms with Gasteiger partial charge in [0.25, 0.3) is 0 Å². The molecular formula is C29H25N5. The van der Waals surface area contributed by atoms with E-state index in [0.29, 0.717) is 0 Å². The summed E-state index contributed by atoms with van der Waals surface area (Å²) in [5.74, 6) is 0. The van der Waals surface area contributed by atoms with E-state index < -0.39 is 0 Å². The number of rotatable bonds is 1. The molecule has 2 aliphatic rings.